The summed E-state index contributed by atoms with van der Waals surface area (Å²) in [6, 6.07) is 6.59. The number of hydrogen-bond donors (Lipinski definition) is 3. The second-order valence-electron chi connectivity index (χ2n) is 10.4. The maximum absolute atomic E-state index is 15.9. The van der Waals surface area contributed by atoms with Crippen molar-refractivity contribution in [3.05, 3.63) is 80.9 Å². The maximum atomic E-state index is 15.9. The zero-order valence-electron chi connectivity index (χ0n) is 22.8. The Kier molecular flexibility index (Phi) is 7.37. The van der Waals surface area contributed by atoms with Crippen molar-refractivity contribution < 1.29 is 18.7 Å². The number of pyridine rings is 3. The van der Waals surface area contributed by atoms with E-state index in [1.165, 1.54) is 29.8 Å². The van der Waals surface area contributed by atoms with E-state index in [0.717, 1.165) is 6.07 Å². The van der Waals surface area contributed by atoms with Gasteiger partial charge in [-0.15, -0.1) is 0 Å². The van der Waals surface area contributed by atoms with Gasteiger partial charge in [-0.25, -0.2) is 13.8 Å². The Balaban J connectivity index is 2.02. The molecule has 4 heterocycles. The predicted molar refractivity (Wildman–Crippen MR) is 149 cm³/mol. The molecule has 40 heavy (non-hydrogen) atoms. The zero-order valence-corrected chi connectivity index (χ0v) is 22.8. The van der Waals surface area contributed by atoms with Crippen LogP contribution in [0, 0.1) is 18.6 Å². The Morgan fingerprint density at radius 2 is 1.90 bits per heavy atom. The number of nitrogens with one attached hydrogen (secondary N) is 2. The molecule has 0 aliphatic carbocycles. The second-order valence-corrected chi connectivity index (χ2v) is 10.4. The molecular weight excluding hydrogens is 516 g/mol. The van der Waals surface area contributed by atoms with Gasteiger partial charge >= 0.3 is 0 Å². The number of phenols is 1. The third kappa shape index (κ3) is 4.52. The molecule has 8 nitrogen and oxygen atoms in total. The molecule has 4 aromatic rings. The van der Waals surface area contributed by atoms with E-state index >= 15 is 4.39 Å². The zero-order chi connectivity index (χ0) is 28.7. The van der Waals surface area contributed by atoms with E-state index < -0.39 is 40.1 Å². The van der Waals surface area contributed by atoms with Crippen LogP contribution < -0.4 is 16.2 Å². The van der Waals surface area contributed by atoms with Crippen molar-refractivity contribution in [3.8, 4) is 22.7 Å². The van der Waals surface area contributed by atoms with Crippen molar-refractivity contribution in [2.75, 3.05) is 20.1 Å². The highest BCUT2D eigenvalue weighted by atomic mass is 19.1. The molecule has 3 N–H and O–H groups in total. The molecule has 5 rings (SSSR count). The summed E-state index contributed by atoms with van der Waals surface area (Å²) in [4.78, 5) is 36.8. The first kappa shape index (κ1) is 27.4. The van der Waals surface area contributed by atoms with Gasteiger partial charge in [0.15, 0.2) is 5.82 Å². The average molecular weight is 548 g/mol. The molecule has 1 aliphatic heterocycles. The lowest BCUT2D eigenvalue weighted by atomic mass is 9.85. The van der Waals surface area contributed by atoms with Crippen LogP contribution in [0.25, 0.3) is 28.0 Å². The monoisotopic (exact) mass is 547 g/mol. The van der Waals surface area contributed by atoms with E-state index in [-0.39, 0.29) is 28.4 Å². The van der Waals surface area contributed by atoms with Crippen LogP contribution in [-0.2, 0) is 0 Å². The molecule has 10 heteroatoms. The topological polar surface area (TPSA) is 109 Å². The fourth-order valence-corrected chi connectivity index (χ4v) is 5.60. The summed E-state index contributed by atoms with van der Waals surface area (Å²) in [7, 11) is 1.44. The van der Waals surface area contributed by atoms with E-state index in [9.17, 15) is 19.1 Å². The van der Waals surface area contributed by atoms with E-state index in [0.29, 0.717) is 48.4 Å². The lowest BCUT2D eigenvalue weighted by molar-refractivity contribution is 0.0959. The second kappa shape index (κ2) is 10.8. The number of fused-ring (bicyclic) bond motifs is 1. The predicted octanol–water partition coefficient (Wildman–Crippen LogP) is 4.69. The number of hydrogen-bond acceptors (Lipinski definition) is 6. The molecule has 1 saturated heterocycles. The molecular formula is C30H31F2N5O3. The summed E-state index contributed by atoms with van der Waals surface area (Å²) >= 11 is 0. The fraction of sp³-hybridized carbons (Fsp3) is 0.333. The van der Waals surface area contributed by atoms with Crippen molar-refractivity contribution >= 4 is 16.9 Å². The highest BCUT2D eigenvalue weighted by molar-refractivity contribution is 6.01. The Morgan fingerprint density at radius 3 is 2.55 bits per heavy atom. The Hall–Kier alpha value is -4.18. The molecule has 3 aromatic heterocycles. The summed E-state index contributed by atoms with van der Waals surface area (Å²) in [6.07, 6.45) is 2.90. The lowest BCUT2D eigenvalue weighted by Gasteiger charge is -2.28. The van der Waals surface area contributed by atoms with E-state index in [1.807, 2.05) is 20.8 Å². The van der Waals surface area contributed by atoms with Crippen LogP contribution in [0.3, 0.4) is 0 Å². The number of nitrogens with zero attached hydrogens (tertiary/aromatic N) is 3. The molecule has 0 bridgehead atoms. The quantitative estimate of drug-likeness (QED) is 0.335. The van der Waals surface area contributed by atoms with Crippen molar-refractivity contribution in [1.29, 1.82) is 0 Å². The van der Waals surface area contributed by atoms with Gasteiger partial charge in [-0.3, -0.25) is 19.1 Å². The van der Waals surface area contributed by atoms with Crippen LogP contribution in [0.1, 0.15) is 65.7 Å². The number of amides is 1. The van der Waals surface area contributed by atoms with Crippen LogP contribution in [0.5, 0.6) is 5.75 Å². The van der Waals surface area contributed by atoms with Crippen molar-refractivity contribution in [3.63, 3.8) is 0 Å². The number of carbonyl (C=O) groups excluding carboxylic acids is 1. The van der Waals surface area contributed by atoms with Gasteiger partial charge in [-0.1, -0.05) is 19.9 Å². The first-order valence-electron chi connectivity index (χ1n) is 13.3. The summed E-state index contributed by atoms with van der Waals surface area (Å²) in [6.45, 7) is 7.00. The number of halogens is 2. The third-order valence-electron chi connectivity index (χ3n) is 7.50. The van der Waals surface area contributed by atoms with Crippen molar-refractivity contribution in [1.82, 2.24) is 25.2 Å². The molecule has 0 saturated carbocycles. The van der Waals surface area contributed by atoms with Gasteiger partial charge in [-0.2, -0.15) is 0 Å². The number of piperidine rings is 1. The lowest BCUT2D eigenvalue weighted by Crippen LogP contribution is -2.36. The van der Waals surface area contributed by atoms with Crippen molar-refractivity contribution in [2.24, 2.45) is 0 Å². The van der Waals surface area contributed by atoms with E-state index in [1.54, 1.807) is 12.3 Å². The van der Waals surface area contributed by atoms with E-state index in [2.05, 4.69) is 20.6 Å². The molecule has 0 radical (unpaired) electrons. The Labute approximate surface area is 230 Å². The van der Waals surface area contributed by atoms with Gasteiger partial charge < -0.3 is 15.7 Å². The number of aromatic nitrogens is 3. The molecule has 0 atom stereocenters. The van der Waals surface area contributed by atoms with Crippen LogP contribution in [0.15, 0.2) is 41.3 Å². The highest BCUT2D eigenvalue weighted by Gasteiger charge is 2.32. The number of carbonyl (C=O) groups is 1. The summed E-state index contributed by atoms with van der Waals surface area (Å²) in [5.74, 6) is -3.14. The number of phenolic OH excluding ortho intramolecular Hbond substituents is 1. The van der Waals surface area contributed by atoms with Gasteiger partial charge in [-0.05, 0) is 80.1 Å². The standard InChI is InChI=1S/C30H31F2N5O3/c1-15(2)25-27(16(3)8-13-35-25)37-28-18(14-20(32)26(36-28)23-19(31)6-5-7-21(23)38)22(17-9-11-34-12-10-17)24(30(37)40)29(39)33-4/h5-8,13-15,17,34,38H,9-12H2,1-4H3,(H,33,39). The van der Waals surface area contributed by atoms with Gasteiger partial charge in [0.1, 0.15) is 28.5 Å². The maximum Gasteiger partial charge on any atom is 0.270 e. The largest absolute Gasteiger partial charge is 0.507 e. The summed E-state index contributed by atoms with van der Waals surface area (Å²) in [5, 5.41) is 16.6. The normalized spacial score (nSPS) is 14.2. The smallest absolute Gasteiger partial charge is 0.270 e. The summed E-state index contributed by atoms with van der Waals surface area (Å²) in [5.41, 5.74) is 0.632. The van der Waals surface area contributed by atoms with E-state index in [4.69, 9.17) is 0 Å². The average Bonchev–Trinajstić information content (AvgIpc) is 2.93. The minimum atomic E-state index is -0.886. The SMILES string of the molecule is CNC(=O)c1c(C2CCNCC2)c2cc(F)c(-c3c(O)cccc3F)nc2n(-c2c(C)ccnc2C(C)C)c1=O. The number of rotatable bonds is 5. The van der Waals surface area contributed by atoms with Gasteiger partial charge in [0.25, 0.3) is 11.5 Å². The van der Waals surface area contributed by atoms with Crippen LogP contribution >= 0.6 is 0 Å². The first-order valence-corrected chi connectivity index (χ1v) is 13.3. The van der Waals surface area contributed by atoms with Gasteiger partial charge in [0, 0.05) is 18.6 Å². The Morgan fingerprint density at radius 1 is 1.18 bits per heavy atom. The third-order valence-corrected chi connectivity index (χ3v) is 7.50. The molecule has 1 aliphatic rings. The minimum Gasteiger partial charge on any atom is -0.507 e. The van der Waals surface area contributed by atoms with Crippen LogP contribution in [0.2, 0.25) is 0 Å². The number of aryl methyl sites for hydroxylation is 1. The van der Waals surface area contributed by atoms with Crippen molar-refractivity contribution in [2.45, 2.75) is 45.4 Å². The molecule has 1 fully saturated rings. The first-order chi connectivity index (χ1) is 19.1. The number of benzene rings is 1. The summed E-state index contributed by atoms with van der Waals surface area (Å²) < 4.78 is 32.1. The molecule has 208 valence electrons. The van der Waals surface area contributed by atoms with Gasteiger partial charge in [0.2, 0.25) is 0 Å². The Bertz CT molecular complexity index is 1670. The van der Waals surface area contributed by atoms with Gasteiger partial charge in [0.05, 0.1) is 16.9 Å². The number of aromatic hydroxyl groups is 1. The van der Waals surface area contributed by atoms with Crippen LogP contribution in [-0.4, -0.2) is 45.7 Å². The molecule has 0 spiro atoms. The molecule has 0 unspecified atom stereocenters. The molecule has 1 amide bonds. The van der Waals surface area contributed by atoms with Crippen LogP contribution in [0.4, 0.5) is 8.78 Å². The minimum absolute atomic E-state index is 0.0586. The fourth-order valence-electron chi connectivity index (χ4n) is 5.60. The highest BCUT2D eigenvalue weighted by Crippen LogP contribution is 2.38. The molecule has 1 aromatic carbocycles.